The molecule has 0 saturated carbocycles. The number of carboxylic acids is 1. The quantitative estimate of drug-likeness (QED) is 0.432. The second kappa shape index (κ2) is 10.8. The summed E-state index contributed by atoms with van der Waals surface area (Å²) in [7, 11) is 1.43. The molecule has 0 bridgehead atoms. The summed E-state index contributed by atoms with van der Waals surface area (Å²) in [6.45, 7) is 3.19. The molecule has 0 fully saturated rings. The van der Waals surface area contributed by atoms with Crippen molar-refractivity contribution >= 4 is 23.4 Å². The van der Waals surface area contributed by atoms with Crippen LogP contribution in [0.2, 0.25) is 0 Å². The maximum atomic E-state index is 11.0. The van der Waals surface area contributed by atoms with Gasteiger partial charge in [-0.3, -0.25) is 0 Å². The average Bonchev–Trinajstić information content (AvgIpc) is 3.17. The van der Waals surface area contributed by atoms with E-state index in [0.29, 0.717) is 29.0 Å². The molecule has 2 aromatic carbocycles. The molecule has 2 atom stereocenters. The fraction of sp³-hybridized carbons (Fsp3) is 0.200. The van der Waals surface area contributed by atoms with Crippen molar-refractivity contribution in [2.75, 3.05) is 18.7 Å². The number of carboxylic acid groups (broad SMARTS) is 1. The van der Waals surface area contributed by atoms with Crippen LogP contribution in [0.3, 0.4) is 0 Å². The Labute approximate surface area is 197 Å². The monoisotopic (exact) mass is 457 g/mol. The molecule has 0 unspecified atom stereocenters. The summed E-state index contributed by atoms with van der Waals surface area (Å²) in [6, 6.07) is 16.8. The lowest BCUT2D eigenvalue weighted by Gasteiger charge is -2.21. The number of rotatable bonds is 9. The zero-order valence-corrected chi connectivity index (χ0v) is 18.5. The molecular formula is C25H23N5O4. The maximum Gasteiger partial charge on any atom is 0.341 e. The predicted octanol–water partition coefficient (Wildman–Crippen LogP) is 3.09. The van der Waals surface area contributed by atoms with Gasteiger partial charge in [-0.1, -0.05) is 24.3 Å². The molecule has 0 saturated heterocycles. The van der Waals surface area contributed by atoms with Crippen LogP contribution in [0.1, 0.15) is 11.1 Å². The van der Waals surface area contributed by atoms with E-state index in [-0.39, 0.29) is 17.0 Å². The lowest BCUT2D eigenvalue weighted by Crippen LogP contribution is -2.40. The fourth-order valence-corrected chi connectivity index (χ4v) is 3.57. The van der Waals surface area contributed by atoms with E-state index in [2.05, 4.69) is 23.8 Å². The van der Waals surface area contributed by atoms with Crippen LogP contribution in [0.25, 0.3) is 6.08 Å². The van der Waals surface area contributed by atoms with E-state index in [0.717, 1.165) is 0 Å². The minimum Gasteiger partial charge on any atom is -0.493 e. The highest BCUT2D eigenvalue weighted by atomic mass is 16.5. The Morgan fingerprint density at radius 1 is 1.32 bits per heavy atom. The lowest BCUT2D eigenvalue weighted by molar-refractivity contribution is -0.139. The summed E-state index contributed by atoms with van der Waals surface area (Å²) in [6.07, 6.45) is 2.85. The molecule has 3 N–H and O–H groups in total. The van der Waals surface area contributed by atoms with Gasteiger partial charge >= 0.3 is 5.97 Å². The maximum absolute atomic E-state index is 11.0. The minimum absolute atomic E-state index is 0.172. The zero-order valence-electron chi connectivity index (χ0n) is 18.5. The molecule has 9 nitrogen and oxygen atoms in total. The Hall–Kier alpha value is -4.60. The van der Waals surface area contributed by atoms with Crippen LogP contribution >= 0.6 is 0 Å². The summed E-state index contributed by atoms with van der Waals surface area (Å²) >= 11 is 0. The highest BCUT2D eigenvalue weighted by molar-refractivity contribution is 6.11. The van der Waals surface area contributed by atoms with Crippen molar-refractivity contribution in [3.05, 3.63) is 71.8 Å². The predicted molar refractivity (Wildman–Crippen MR) is 127 cm³/mol. The number of nitriles is 2. The molecule has 1 aliphatic heterocycles. The first-order valence-corrected chi connectivity index (χ1v) is 10.3. The summed E-state index contributed by atoms with van der Waals surface area (Å²) in [5.41, 5.74) is 8.64. The number of ether oxygens (including phenoxy) is 2. The van der Waals surface area contributed by atoms with Gasteiger partial charge in [-0.15, -0.1) is 6.58 Å². The van der Waals surface area contributed by atoms with Crippen molar-refractivity contribution in [3.63, 3.8) is 0 Å². The molecular weight excluding hydrogens is 434 g/mol. The van der Waals surface area contributed by atoms with E-state index in [4.69, 9.17) is 20.3 Å². The molecule has 1 aliphatic rings. The van der Waals surface area contributed by atoms with Crippen molar-refractivity contribution < 1.29 is 19.4 Å². The number of anilines is 1. The number of aliphatic carboxylic acids is 1. The number of hydrogen-bond donors (Lipinski definition) is 2. The van der Waals surface area contributed by atoms with Crippen LogP contribution in [-0.2, 0) is 11.2 Å². The van der Waals surface area contributed by atoms with Gasteiger partial charge in [-0.25, -0.2) is 9.80 Å². The van der Waals surface area contributed by atoms with Gasteiger partial charge in [0.05, 0.1) is 30.2 Å². The number of benzene rings is 2. The van der Waals surface area contributed by atoms with Crippen LogP contribution in [0.5, 0.6) is 11.5 Å². The summed E-state index contributed by atoms with van der Waals surface area (Å²) in [5, 5.41) is 34.7. The molecule has 2 aromatic rings. The molecule has 172 valence electrons. The van der Waals surface area contributed by atoms with Crippen molar-refractivity contribution in [2.24, 2.45) is 16.8 Å². The van der Waals surface area contributed by atoms with Crippen LogP contribution in [-0.4, -0.2) is 36.7 Å². The first kappa shape index (κ1) is 24.1. The first-order valence-electron chi connectivity index (χ1n) is 10.3. The van der Waals surface area contributed by atoms with Gasteiger partial charge in [-0.05, 0) is 42.3 Å². The highest BCUT2D eigenvalue weighted by Gasteiger charge is 2.37. The third-order valence-corrected chi connectivity index (χ3v) is 5.08. The van der Waals surface area contributed by atoms with Crippen LogP contribution < -0.4 is 20.2 Å². The number of hydrazone groups is 1. The summed E-state index contributed by atoms with van der Waals surface area (Å²) in [5.74, 6) is -1.36. The fourth-order valence-electron chi connectivity index (χ4n) is 3.57. The first-order chi connectivity index (χ1) is 16.4. The van der Waals surface area contributed by atoms with Crippen LogP contribution in [0.15, 0.2) is 65.8 Å². The highest BCUT2D eigenvalue weighted by Crippen LogP contribution is 2.35. The van der Waals surface area contributed by atoms with Crippen molar-refractivity contribution in [2.45, 2.75) is 12.6 Å². The Morgan fingerprint density at radius 3 is 2.65 bits per heavy atom. The number of carbonyl (C=O) groups is 1. The Morgan fingerprint density at radius 2 is 2.06 bits per heavy atom. The molecule has 0 aromatic heterocycles. The molecule has 1 heterocycles. The Kier molecular flexibility index (Phi) is 7.65. The van der Waals surface area contributed by atoms with Crippen molar-refractivity contribution in [3.8, 4) is 23.6 Å². The van der Waals surface area contributed by atoms with Gasteiger partial charge in [0.1, 0.15) is 18.2 Å². The number of nitrogens with two attached hydrogens (primary N) is 1. The number of nitrogens with zero attached hydrogens (tertiary/aromatic N) is 4. The van der Waals surface area contributed by atoms with Crippen LogP contribution in [0.4, 0.5) is 5.69 Å². The molecule has 0 radical (unpaired) electrons. The molecule has 0 amide bonds. The number of allylic oxidation sites excluding steroid dienone is 2. The van der Waals surface area contributed by atoms with Gasteiger partial charge in [0.2, 0.25) is 0 Å². The van der Waals surface area contributed by atoms with E-state index in [9.17, 15) is 15.3 Å². The van der Waals surface area contributed by atoms with E-state index in [1.807, 2.05) is 30.3 Å². The van der Waals surface area contributed by atoms with Gasteiger partial charge in [0.25, 0.3) is 0 Å². The molecule has 0 aliphatic carbocycles. The van der Waals surface area contributed by atoms with Gasteiger partial charge < -0.3 is 20.3 Å². The van der Waals surface area contributed by atoms with Gasteiger partial charge in [0, 0.05) is 5.56 Å². The average molecular weight is 457 g/mol. The topological polar surface area (TPSA) is 145 Å². The van der Waals surface area contributed by atoms with Crippen LogP contribution in [0, 0.1) is 28.6 Å². The third kappa shape index (κ3) is 5.07. The largest absolute Gasteiger partial charge is 0.493 e. The SMILES string of the molecule is C=CCc1cc(/C=C(/C#N)C2=NN(c3ccccc3)[C@H](N)[C@H]2C#N)cc(OC)c1OCC(=O)O. The summed E-state index contributed by atoms with van der Waals surface area (Å²) < 4.78 is 10.8. The van der Waals surface area contributed by atoms with Gasteiger partial charge in [-0.2, -0.15) is 15.6 Å². The Bertz CT molecular complexity index is 1220. The number of methoxy groups -OCH3 is 1. The molecule has 34 heavy (non-hydrogen) atoms. The second-order valence-electron chi connectivity index (χ2n) is 7.32. The number of hydrogen-bond acceptors (Lipinski definition) is 8. The molecule has 0 spiro atoms. The van der Waals surface area contributed by atoms with E-state index < -0.39 is 24.7 Å². The second-order valence-corrected chi connectivity index (χ2v) is 7.32. The van der Waals surface area contributed by atoms with E-state index >= 15 is 0 Å². The van der Waals surface area contributed by atoms with Crippen molar-refractivity contribution in [1.82, 2.24) is 0 Å². The number of para-hydroxylation sites is 1. The standard InChI is InChI=1S/C25H23N5O4/c1-3-7-17-10-16(12-21(33-2)24(17)34-15-22(31)32)11-18(13-26)23-20(14-27)25(28)30(29-23)19-8-5-4-6-9-19/h3-6,8-12,20,25H,1,7,15,28H2,2H3,(H,31,32)/b18-11-/t20-,25-/m0/s1. The minimum atomic E-state index is -1.12. The Balaban J connectivity index is 2.06. The third-order valence-electron chi connectivity index (χ3n) is 5.08. The smallest absolute Gasteiger partial charge is 0.341 e. The van der Waals surface area contributed by atoms with Gasteiger partial charge in [0.15, 0.2) is 18.1 Å². The summed E-state index contributed by atoms with van der Waals surface area (Å²) in [4.78, 5) is 11.0. The van der Waals surface area contributed by atoms with E-state index in [1.54, 1.807) is 24.3 Å². The zero-order chi connectivity index (χ0) is 24.7. The normalized spacial score (nSPS) is 17.4. The lowest BCUT2D eigenvalue weighted by atomic mass is 9.95. The molecule has 3 rings (SSSR count). The van der Waals surface area contributed by atoms with Crippen molar-refractivity contribution in [1.29, 1.82) is 10.5 Å². The van der Waals surface area contributed by atoms with E-state index in [1.165, 1.54) is 12.1 Å². The molecule has 9 heteroatoms.